The van der Waals surface area contributed by atoms with E-state index in [1.165, 1.54) is 31.8 Å². The summed E-state index contributed by atoms with van der Waals surface area (Å²) in [5.41, 5.74) is 1.68. The molecular weight excluding hydrogens is 376 g/mol. The summed E-state index contributed by atoms with van der Waals surface area (Å²) in [7, 11) is 0. The summed E-state index contributed by atoms with van der Waals surface area (Å²) in [6.45, 7) is 11.3. The third-order valence-electron chi connectivity index (χ3n) is 10.1. The molecule has 170 valence electrons. The minimum absolute atomic E-state index is 0.118. The van der Waals surface area contributed by atoms with E-state index < -0.39 is 0 Å². The van der Waals surface area contributed by atoms with E-state index in [1.54, 1.807) is 0 Å². The lowest BCUT2D eigenvalue weighted by atomic mass is 9.43. The Balaban J connectivity index is 1.64. The van der Waals surface area contributed by atoms with Crippen LogP contribution in [0.25, 0.3) is 0 Å². The van der Waals surface area contributed by atoms with Gasteiger partial charge < -0.3 is 14.9 Å². The first-order valence-electron chi connectivity index (χ1n) is 12.3. The van der Waals surface area contributed by atoms with Crippen LogP contribution >= 0.6 is 0 Å². The van der Waals surface area contributed by atoms with E-state index in [0.29, 0.717) is 36.2 Å². The van der Waals surface area contributed by atoms with Crippen molar-refractivity contribution in [2.75, 3.05) is 6.61 Å². The van der Waals surface area contributed by atoms with E-state index >= 15 is 0 Å². The van der Waals surface area contributed by atoms with Crippen LogP contribution in [0, 0.1) is 46.3 Å². The van der Waals surface area contributed by atoms with Gasteiger partial charge in [0.2, 0.25) is 0 Å². The monoisotopic (exact) mass is 418 g/mol. The molecule has 0 amide bonds. The molecule has 0 saturated heterocycles. The van der Waals surface area contributed by atoms with Crippen LogP contribution in [-0.2, 0) is 9.53 Å². The van der Waals surface area contributed by atoms with E-state index in [0.717, 1.165) is 25.7 Å². The Kier molecular flexibility index (Phi) is 5.89. The van der Waals surface area contributed by atoms with Crippen molar-refractivity contribution in [2.24, 2.45) is 46.3 Å². The molecule has 3 saturated carbocycles. The molecule has 10 atom stereocenters. The summed E-state index contributed by atoms with van der Waals surface area (Å²) < 4.78 is 5.38. The molecule has 0 spiro atoms. The average Bonchev–Trinajstić information content (AvgIpc) is 3.05. The van der Waals surface area contributed by atoms with Gasteiger partial charge in [-0.05, 0) is 85.4 Å². The minimum atomic E-state index is -0.349. The topological polar surface area (TPSA) is 66.8 Å². The van der Waals surface area contributed by atoms with Crippen molar-refractivity contribution in [3.05, 3.63) is 11.6 Å². The number of aliphatic hydroxyl groups is 2. The summed E-state index contributed by atoms with van der Waals surface area (Å²) in [5.74, 6) is 2.28. The molecule has 0 aromatic heterocycles. The normalized spacial score (nSPS) is 48.8. The summed E-state index contributed by atoms with van der Waals surface area (Å²) >= 11 is 0. The predicted molar refractivity (Wildman–Crippen MR) is 118 cm³/mol. The fraction of sp³-hybridized carbons (Fsp3) is 0.885. The molecule has 3 fully saturated rings. The highest BCUT2D eigenvalue weighted by Gasteiger charge is 2.63. The smallest absolute Gasteiger partial charge is 0.302 e. The predicted octanol–water partition coefficient (Wildman–Crippen LogP) is 4.73. The molecule has 4 unspecified atom stereocenters. The fourth-order valence-corrected chi connectivity index (χ4v) is 8.69. The van der Waals surface area contributed by atoms with Crippen LogP contribution in [0.4, 0.5) is 0 Å². The highest BCUT2D eigenvalue weighted by molar-refractivity contribution is 5.65. The minimum Gasteiger partial charge on any atom is -0.466 e. The Hall–Kier alpha value is -0.870. The number of fused-ring (bicyclic) bond motifs is 5. The molecule has 4 nitrogen and oxygen atoms in total. The van der Waals surface area contributed by atoms with E-state index in [-0.39, 0.29) is 34.9 Å². The Labute approximate surface area is 182 Å². The first-order valence-corrected chi connectivity index (χ1v) is 12.3. The van der Waals surface area contributed by atoms with Crippen LogP contribution in [0.15, 0.2) is 11.6 Å². The van der Waals surface area contributed by atoms with E-state index in [1.807, 2.05) is 0 Å². The molecule has 0 radical (unpaired) electrons. The molecule has 0 aromatic carbocycles. The Morgan fingerprint density at radius 3 is 2.57 bits per heavy atom. The zero-order chi connectivity index (χ0) is 21.8. The molecule has 0 aromatic rings. The molecule has 2 N–H and O–H groups in total. The van der Waals surface area contributed by atoms with Crippen molar-refractivity contribution in [3.63, 3.8) is 0 Å². The maximum atomic E-state index is 11.7. The summed E-state index contributed by atoms with van der Waals surface area (Å²) in [5, 5.41) is 22.0. The second kappa shape index (κ2) is 7.92. The number of carbonyl (C=O) groups excluding carboxylic acids is 1. The average molecular weight is 419 g/mol. The maximum Gasteiger partial charge on any atom is 0.302 e. The summed E-state index contributed by atoms with van der Waals surface area (Å²) in [4.78, 5) is 11.3. The van der Waals surface area contributed by atoms with Gasteiger partial charge in [0.15, 0.2) is 0 Å². The van der Waals surface area contributed by atoms with Gasteiger partial charge >= 0.3 is 5.97 Å². The Morgan fingerprint density at radius 2 is 1.90 bits per heavy atom. The van der Waals surface area contributed by atoms with Crippen molar-refractivity contribution >= 4 is 5.97 Å². The van der Waals surface area contributed by atoms with Gasteiger partial charge in [-0.25, -0.2) is 0 Å². The number of rotatable bonds is 4. The molecular formula is C26H42O4. The van der Waals surface area contributed by atoms with Crippen molar-refractivity contribution in [1.29, 1.82) is 0 Å². The van der Waals surface area contributed by atoms with Crippen molar-refractivity contribution in [3.8, 4) is 0 Å². The fourth-order valence-electron chi connectivity index (χ4n) is 8.69. The first-order chi connectivity index (χ1) is 14.1. The van der Waals surface area contributed by atoms with Crippen LogP contribution in [0.2, 0.25) is 0 Å². The number of carbonyl (C=O) groups is 1. The standard InChI is InChI=1S/C26H42O4/c1-6-18-22-13-17(28)9-11-26(22,5)21-10-12-25(4)19(15(2)14-30-16(3)27)7-8-20(25)23(21)24(18)29/h13,15,17-21,23-24,28-29H,6-12,14H2,1-5H3/t15-,17?,18+,19-,20?,21?,23?,24-,25-,26-/m1/s1. The lowest BCUT2D eigenvalue weighted by Gasteiger charge is -2.62. The van der Waals surface area contributed by atoms with E-state index in [2.05, 4.69) is 33.8 Å². The third kappa shape index (κ3) is 3.28. The molecule has 30 heavy (non-hydrogen) atoms. The second-order valence-corrected chi connectivity index (χ2v) is 11.4. The lowest BCUT2D eigenvalue weighted by molar-refractivity contribution is -0.146. The molecule has 0 aliphatic heterocycles. The number of hydrogen-bond acceptors (Lipinski definition) is 4. The zero-order valence-electron chi connectivity index (χ0n) is 19.6. The van der Waals surface area contributed by atoms with Gasteiger partial charge in [-0.15, -0.1) is 0 Å². The maximum absolute atomic E-state index is 11.7. The Morgan fingerprint density at radius 1 is 1.17 bits per heavy atom. The number of aliphatic hydroxyl groups excluding tert-OH is 2. The third-order valence-corrected chi connectivity index (χ3v) is 10.1. The highest BCUT2D eigenvalue weighted by atomic mass is 16.5. The van der Waals surface area contributed by atoms with Gasteiger partial charge in [-0.3, -0.25) is 4.79 Å². The number of hydrogen-bond donors (Lipinski definition) is 2. The number of ether oxygens (including phenoxy) is 1. The SMILES string of the molecule is CC[C@H]1C2=CC(O)CC[C@]2(C)C2CC[C@@]3(C)C(CC[C@@H]3[C@H](C)COC(C)=O)C2[C@@H]1O. The zero-order valence-corrected chi connectivity index (χ0v) is 19.6. The molecule has 0 bridgehead atoms. The van der Waals surface area contributed by atoms with Gasteiger partial charge in [0, 0.05) is 12.8 Å². The van der Waals surface area contributed by atoms with Crippen LogP contribution < -0.4 is 0 Å². The van der Waals surface area contributed by atoms with Crippen LogP contribution in [-0.4, -0.2) is 35.0 Å². The van der Waals surface area contributed by atoms with E-state index in [9.17, 15) is 15.0 Å². The van der Waals surface area contributed by atoms with Gasteiger partial charge in [0.25, 0.3) is 0 Å². The van der Waals surface area contributed by atoms with Crippen molar-refractivity contribution < 1.29 is 19.7 Å². The van der Waals surface area contributed by atoms with Crippen LogP contribution in [0.3, 0.4) is 0 Å². The largest absolute Gasteiger partial charge is 0.466 e. The van der Waals surface area contributed by atoms with Crippen LogP contribution in [0.1, 0.15) is 79.6 Å². The van der Waals surface area contributed by atoms with Gasteiger partial charge in [0.1, 0.15) is 0 Å². The van der Waals surface area contributed by atoms with Gasteiger partial charge in [-0.2, -0.15) is 0 Å². The summed E-state index contributed by atoms with van der Waals surface area (Å²) in [6, 6.07) is 0. The number of esters is 1. The van der Waals surface area contributed by atoms with Gasteiger partial charge in [0.05, 0.1) is 18.8 Å². The van der Waals surface area contributed by atoms with Crippen molar-refractivity contribution in [1.82, 2.24) is 0 Å². The first kappa shape index (κ1) is 22.3. The van der Waals surface area contributed by atoms with Crippen LogP contribution in [0.5, 0.6) is 0 Å². The second-order valence-electron chi connectivity index (χ2n) is 11.4. The molecule has 4 aliphatic rings. The molecule has 4 rings (SSSR count). The lowest BCUT2D eigenvalue weighted by Crippen LogP contribution is -2.58. The van der Waals surface area contributed by atoms with Gasteiger partial charge in [-0.1, -0.05) is 39.3 Å². The van der Waals surface area contributed by atoms with Crippen molar-refractivity contribution in [2.45, 2.75) is 91.8 Å². The highest BCUT2D eigenvalue weighted by Crippen LogP contribution is 2.68. The molecule has 4 heteroatoms. The molecule has 0 heterocycles. The van der Waals surface area contributed by atoms with E-state index in [4.69, 9.17) is 4.74 Å². The summed E-state index contributed by atoms with van der Waals surface area (Å²) in [6.07, 6.45) is 8.98. The molecule has 4 aliphatic carbocycles. The quantitative estimate of drug-likeness (QED) is 0.511. The Bertz CT molecular complexity index is 701.